The number of carbonyl (C=O) groups is 1. The normalized spacial score (nSPS) is 22.9. The van der Waals surface area contributed by atoms with Crippen molar-refractivity contribution >= 4 is 6.03 Å². The third-order valence-electron chi connectivity index (χ3n) is 2.88. The van der Waals surface area contributed by atoms with Crippen molar-refractivity contribution in [2.75, 3.05) is 6.54 Å². The Balaban J connectivity index is 1.91. The number of nitrogens with two attached hydrogens (primary N) is 1. The molecule has 2 atom stereocenters. The van der Waals surface area contributed by atoms with Crippen LogP contribution in [0.2, 0.25) is 0 Å². The van der Waals surface area contributed by atoms with Crippen LogP contribution < -0.4 is 5.73 Å². The number of primary amides is 1. The van der Waals surface area contributed by atoms with Crippen LogP contribution >= 0.6 is 0 Å². The predicted molar refractivity (Wildman–Crippen MR) is 55.3 cm³/mol. The van der Waals surface area contributed by atoms with Crippen molar-refractivity contribution in [3.05, 3.63) is 35.6 Å². The number of rotatable bonds is 3. The predicted octanol–water partition coefficient (Wildman–Crippen LogP) is 1.70. The Morgan fingerprint density at radius 2 is 2.12 bits per heavy atom. The highest BCUT2D eigenvalue weighted by molar-refractivity contribution is 5.70. The minimum absolute atomic E-state index is 0.211. The van der Waals surface area contributed by atoms with Crippen LogP contribution in [-0.2, 0) is 0 Å². The molecule has 0 unspecified atom stereocenters. The van der Waals surface area contributed by atoms with Crippen LogP contribution in [-0.4, -0.2) is 22.8 Å². The molecule has 0 bridgehead atoms. The van der Waals surface area contributed by atoms with Gasteiger partial charge in [0.15, 0.2) is 0 Å². The molecule has 0 aromatic heterocycles. The molecule has 1 aromatic carbocycles. The van der Waals surface area contributed by atoms with E-state index in [1.54, 1.807) is 12.1 Å². The van der Waals surface area contributed by atoms with Crippen LogP contribution in [0.4, 0.5) is 9.18 Å². The van der Waals surface area contributed by atoms with Crippen LogP contribution in [0.5, 0.6) is 0 Å². The summed E-state index contributed by atoms with van der Waals surface area (Å²) in [5, 5.41) is 9.67. The van der Waals surface area contributed by atoms with Crippen molar-refractivity contribution in [1.82, 2.24) is 5.06 Å². The Hall–Kier alpha value is -1.62. The zero-order valence-electron chi connectivity index (χ0n) is 8.64. The first-order valence-corrected chi connectivity index (χ1v) is 5.09. The molecule has 4 nitrogen and oxygen atoms in total. The fourth-order valence-electron chi connectivity index (χ4n) is 1.88. The SMILES string of the molecule is NC(=O)N(O)C[C@@H]1C[C@H]1c1ccc(F)cc1. The Kier molecular flexibility index (Phi) is 2.78. The van der Waals surface area contributed by atoms with Gasteiger partial charge in [0.05, 0.1) is 6.54 Å². The highest BCUT2D eigenvalue weighted by atomic mass is 19.1. The van der Waals surface area contributed by atoms with Crippen LogP contribution in [0.1, 0.15) is 17.9 Å². The Morgan fingerprint density at radius 3 is 2.69 bits per heavy atom. The van der Waals surface area contributed by atoms with Crippen molar-refractivity contribution in [1.29, 1.82) is 0 Å². The molecule has 0 spiro atoms. The van der Waals surface area contributed by atoms with Gasteiger partial charge in [-0.05, 0) is 36.0 Å². The van der Waals surface area contributed by atoms with Gasteiger partial charge in [-0.1, -0.05) is 12.1 Å². The van der Waals surface area contributed by atoms with Crippen molar-refractivity contribution in [3.63, 3.8) is 0 Å². The Labute approximate surface area is 92.4 Å². The molecule has 3 N–H and O–H groups in total. The average Bonchev–Trinajstić information content (AvgIpc) is 2.98. The summed E-state index contributed by atoms with van der Waals surface area (Å²) in [6.45, 7) is 0.234. The summed E-state index contributed by atoms with van der Waals surface area (Å²) in [5.41, 5.74) is 5.94. The van der Waals surface area contributed by atoms with Gasteiger partial charge in [0, 0.05) is 0 Å². The van der Waals surface area contributed by atoms with Crippen LogP contribution in [0.25, 0.3) is 0 Å². The van der Waals surface area contributed by atoms with Gasteiger partial charge in [-0.2, -0.15) is 0 Å². The Bertz CT molecular complexity index is 393. The van der Waals surface area contributed by atoms with E-state index in [0.29, 0.717) is 5.06 Å². The lowest BCUT2D eigenvalue weighted by Gasteiger charge is -2.11. The van der Waals surface area contributed by atoms with Crippen LogP contribution in [0, 0.1) is 11.7 Å². The molecule has 5 heteroatoms. The van der Waals surface area contributed by atoms with E-state index in [2.05, 4.69) is 0 Å². The summed E-state index contributed by atoms with van der Waals surface area (Å²) in [6.07, 6.45) is 0.885. The van der Waals surface area contributed by atoms with Gasteiger partial charge in [-0.25, -0.2) is 14.2 Å². The minimum atomic E-state index is -0.843. The van der Waals surface area contributed by atoms with Crippen molar-refractivity contribution < 1.29 is 14.4 Å². The highest BCUT2D eigenvalue weighted by Crippen LogP contribution is 2.47. The first-order valence-electron chi connectivity index (χ1n) is 5.09. The Morgan fingerprint density at radius 1 is 1.50 bits per heavy atom. The molecule has 2 amide bonds. The molecule has 0 aliphatic heterocycles. The maximum absolute atomic E-state index is 12.7. The number of carbonyl (C=O) groups excluding carboxylic acids is 1. The third-order valence-corrected chi connectivity index (χ3v) is 2.88. The first-order chi connectivity index (χ1) is 7.58. The number of benzene rings is 1. The van der Waals surface area contributed by atoms with Gasteiger partial charge < -0.3 is 5.73 Å². The summed E-state index contributed by atoms with van der Waals surface area (Å²) < 4.78 is 12.7. The van der Waals surface area contributed by atoms with E-state index in [-0.39, 0.29) is 24.2 Å². The van der Waals surface area contributed by atoms with Gasteiger partial charge >= 0.3 is 6.03 Å². The maximum Gasteiger partial charge on any atom is 0.338 e. The molecule has 0 radical (unpaired) electrons. The number of hydroxylamine groups is 2. The van der Waals surface area contributed by atoms with E-state index in [4.69, 9.17) is 10.9 Å². The molecule has 2 rings (SSSR count). The number of hydrogen-bond donors (Lipinski definition) is 2. The summed E-state index contributed by atoms with van der Waals surface area (Å²) in [7, 11) is 0. The van der Waals surface area contributed by atoms with Gasteiger partial charge in [0.25, 0.3) is 0 Å². The molecule has 16 heavy (non-hydrogen) atoms. The van der Waals surface area contributed by atoms with Crippen molar-refractivity contribution in [2.24, 2.45) is 11.7 Å². The van der Waals surface area contributed by atoms with Crippen molar-refractivity contribution in [3.8, 4) is 0 Å². The van der Waals surface area contributed by atoms with Gasteiger partial charge in [0.2, 0.25) is 0 Å². The minimum Gasteiger partial charge on any atom is -0.350 e. The summed E-state index contributed by atoms with van der Waals surface area (Å²) >= 11 is 0. The number of halogens is 1. The fourth-order valence-corrected chi connectivity index (χ4v) is 1.88. The number of amides is 2. The van der Waals surface area contributed by atoms with Gasteiger partial charge in [0.1, 0.15) is 5.82 Å². The van der Waals surface area contributed by atoms with E-state index < -0.39 is 6.03 Å². The quantitative estimate of drug-likeness (QED) is 0.606. The van der Waals surface area contributed by atoms with E-state index >= 15 is 0 Å². The lowest BCUT2D eigenvalue weighted by molar-refractivity contribution is -0.0431. The lowest BCUT2D eigenvalue weighted by atomic mass is 10.1. The maximum atomic E-state index is 12.7. The first kappa shape index (κ1) is 10.9. The van der Waals surface area contributed by atoms with E-state index in [1.165, 1.54) is 12.1 Å². The summed E-state index contributed by atoms with van der Waals surface area (Å²) in [6, 6.07) is 5.44. The van der Waals surface area contributed by atoms with Gasteiger partial charge in [-0.15, -0.1) is 0 Å². The van der Waals surface area contributed by atoms with E-state index in [0.717, 1.165) is 12.0 Å². The van der Waals surface area contributed by atoms with Crippen LogP contribution in [0.15, 0.2) is 24.3 Å². The molecular formula is C11H13FN2O2. The molecule has 1 aliphatic carbocycles. The third kappa shape index (κ3) is 2.30. The van der Waals surface area contributed by atoms with E-state index in [1.807, 2.05) is 0 Å². The molecule has 0 heterocycles. The molecule has 0 saturated heterocycles. The summed E-state index contributed by atoms with van der Waals surface area (Å²) in [4.78, 5) is 10.6. The number of nitrogens with zero attached hydrogens (tertiary/aromatic N) is 1. The number of urea groups is 1. The second-order valence-corrected chi connectivity index (χ2v) is 4.07. The zero-order valence-corrected chi connectivity index (χ0v) is 8.64. The zero-order chi connectivity index (χ0) is 11.7. The highest BCUT2D eigenvalue weighted by Gasteiger charge is 2.39. The largest absolute Gasteiger partial charge is 0.350 e. The molecule has 1 aliphatic rings. The monoisotopic (exact) mass is 224 g/mol. The van der Waals surface area contributed by atoms with Gasteiger partial charge in [-0.3, -0.25) is 5.21 Å². The fraction of sp³-hybridized carbons (Fsp3) is 0.364. The molecule has 1 fully saturated rings. The summed E-state index contributed by atoms with van der Waals surface area (Å²) in [5.74, 6) is 0.236. The molecule has 86 valence electrons. The smallest absolute Gasteiger partial charge is 0.338 e. The number of hydrogen-bond acceptors (Lipinski definition) is 2. The second kappa shape index (κ2) is 4.09. The van der Waals surface area contributed by atoms with Crippen LogP contribution in [0.3, 0.4) is 0 Å². The molecular weight excluding hydrogens is 211 g/mol. The average molecular weight is 224 g/mol. The molecule has 1 saturated carbocycles. The van der Waals surface area contributed by atoms with E-state index in [9.17, 15) is 9.18 Å². The molecule has 1 aromatic rings. The van der Waals surface area contributed by atoms with Crippen molar-refractivity contribution in [2.45, 2.75) is 12.3 Å². The second-order valence-electron chi connectivity index (χ2n) is 4.07. The topological polar surface area (TPSA) is 66.6 Å². The standard InChI is InChI=1S/C11H13FN2O2/c12-9-3-1-7(2-4-9)10-5-8(10)6-14(16)11(13)15/h1-4,8,10,16H,5-6H2,(H2,13,15)/t8-,10-/m0/s1. The lowest BCUT2D eigenvalue weighted by Crippen LogP contribution is -2.34.